The summed E-state index contributed by atoms with van der Waals surface area (Å²) in [5.41, 5.74) is 0. The van der Waals surface area contributed by atoms with E-state index in [9.17, 15) is 0 Å². The second-order valence-electron chi connectivity index (χ2n) is 3.32. The zero-order valence-electron chi connectivity index (χ0n) is 9.27. The van der Waals surface area contributed by atoms with Crippen molar-refractivity contribution in [3.8, 4) is 0 Å². The van der Waals surface area contributed by atoms with Gasteiger partial charge in [0.1, 0.15) is 6.10 Å². The Labute approximate surface area is 89.4 Å². The molecule has 5 nitrogen and oxygen atoms in total. The summed E-state index contributed by atoms with van der Waals surface area (Å²) in [5.74, 6) is 1.21. The standard InChI is InChI=1S/C10H18N2O3/c1-3-14-8(2)10-11-9(15-12-10)6-4-5-7-13/h8,13H,3-7H2,1-2H3. The highest BCUT2D eigenvalue weighted by atomic mass is 16.5. The van der Waals surface area contributed by atoms with Gasteiger partial charge < -0.3 is 14.4 Å². The Hall–Kier alpha value is -0.940. The number of aryl methyl sites for hydroxylation is 1. The monoisotopic (exact) mass is 214 g/mol. The van der Waals surface area contributed by atoms with Crippen LogP contribution < -0.4 is 0 Å². The zero-order valence-corrected chi connectivity index (χ0v) is 9.27. The molecule has 86 valence electrons. The predicted molar refractivity (Wildman–Crippen MR) is 54.4 cm³/mol. The smallest absolute Gasteiger partial charge is 0.226 e. The first-order valence-corrected chi connectivity index (χ1v) is 5.32. The van der Waals surface area contributed by atoms with Crippen molar-refractivity contribution in [3.63, 3.8) is 0 Å². The average Bonchev–Trinajstić information content (AvgIpc) is 2.67. The third kappa shape index (κ3) is 3.97. The van der Waals surface area contributed by atoms with Gasteiger partial charge in [-0.15, -0.1) is 0 Å². The van der Waals surface area contributed by atoms with E-state index in [1.807, 2.05) is 13.8 Å². The van der Waals surface area contributed by atoms with E-state index in [-0.39, 0.29) is 12.7 Å². The molecule has 1 heterocycles. The van der Waals surface area contributed by atoms with Crippen molar-refractivity contribution in [2.75, 3.05) is 13.2 Å². The Morgan fingerprint density at radius 2 is 2.27 bits per heavy atom. The normalized spacial score (nSPS) is 13.0. The number of hydrogen-bond acceptors (Lipinski definition) is 5. The molecule has 1 N–H and O–H groups in total. The molecule has 0 aliphatic carbocycles. The van der Waals surface area contributed by atoms with Gasteiger partial charge in [-0.25, -0.2) is 0 Å². The van der Waals surface area contributed by atoms with Gasteiger partial charge in [-0.1, -0.05) is 5.16 Å². The van der Waals surface area contributed by atoms with E-state index >= 15 is 0 Å². The largest absolute Gasteiger partial charge is 0.396 e. The van der Waals surface area contributed by atoms with Crippen molar-refractivity contribution >= 4 is 0 Å². The SMILES string of the molecule is CCOC(C)c1noc(CCCCO)n1. The molecule has 1 aromatic heterocycles. The average molecular weight is 214 g/mol. The quantitative estimate of drug-likeness (QED) is 0.696. The van der Waals surface area contributed by atoms with Crippen LogP contribution in [0, 0.1) is 0 Å². The summed E-state index contributed by atoms with van der Waals surface area (Å²) in [6, 6.07) is 0. The molecule has 0 saturated carbocycles. The summed E-state index contributed by atoms with van der Waals surface area (Å²) in [4.78, 5) is 4.22. The van der Waals surface area contributed by atoms with Crippen molar-refractivity contribution < 1.29 is 14.4 Å². The van der Waals surface area contributed by atoms with E-state index in [0.717, 1.165) is 12.8 Å². The van der Waals surface area contributed by atoms with Crippen LogP contribution in [0.4, 0.5) is 0 Å². The van der Waals surface area contributed by atoms with Gasteiger partial charge in [-0.3, -0.25) is 0 Å². The Kier molecular flexibility index (Phi) is 5.28. The van der Waals surface area contributed by atoms with Crippen molar-refractivity contribution in [2.24, 2.45) is 0 Å². The van der Waals surface area contributed by atoms with Crippen LogP contribution in [0.15, 0.2) is 4.52 Å². The van der Waals surface area contributed by atoms with Crippen LogP contribution in [0.1, 0.15) is 44.5 Å². The molecule has 1 atom stereocenters. The van der Waals surface area contributed by atoms with Crippen LogP contribution in [0.3, 0.4) is 0 Å². The lowest BCUT2D eigenvalue weighted by Crippen LogP contribution is -2.01. The number of ether oxygens (including phenoxy) is 1. The maximum absolute atomic E-state index is 8.62. The Morgan fingerprint density at radius 3 is 2.93 bits per heavy atom. The predicted octanol–water partition coefficient (Wildman–Crippen LogP) is 1.48. The third-order valence-electron chi connectivity index (χ3n) is 2.06. The molecule has 0 aliphatic rings. The summed E-state index contributed by atoms with van der Waals surface area (Å²) in [6.07, 6.45) is 2.22. The van der Waals surface area contributed by atoms with Gasteiger partial charge in [0.05, 0.1) is 0 Å². The highest BCUT2D eigenvalue weighted by Crippen LogP contribution is 2.13. The number of hydrogen-bond donors (Lipinski definition) is 1. The fourth-order valence-electron chi connectivity index (χ4n) is 1.25. The molecule has 1 rings (SSSR count). The third-order valence-corrected chi connectivity index (χ3v) is 2.06. The fourth-order valence-corrected chi connectivity index (χ4v) is 1.25. The Bertz CT molecular complexity index is 275. The van der Waals surface area contributed by atoms with Crippen LogP contribution in [0.5, 0.6) is 0 Å². The molecule has 0 fully saturated rings. The first-order chi connectivity index (χ1) is 7.27. The molecule has 0 spiro atoms. The van der Waals surface area contributed by atoms with E-state index < -0.39 is 0 Å². The summed E-state index contributed by atoms with van der Waals surface area (Å²) in [5, 5.41) is 12.5. The van der Waals surface area contributed by atoms with Crippen molar-refractivity contribution in [1.82, 2.24) is 10.1 Å². The minimum atomic E-state index is -0.120. The van der Waals surface area contributed by atoms with E-state index in [1.54, 1.807) is 0 Å². The van der Waals surface area contributed by atoms with E-state index in [0.29, 0.717) is 24.7 Å². The molecule has 15 heavy (non-hydrogen) atoms. The number of aliphatic hydroxyl groups is 1. The van der Waals surface area contributed by atoms with Crippen molar-refractivity contribution in [2.45, 2.75) is 39.2 Å². The lowest BCUT2D eigenvalue weighted by molar-refractivity contribution is 0.0683. The summed E-state index contributed by atoms with van der Waals surface area (Å²) in [6.45, 7) is 4.66. The van der Waals surface area contributed by atoms with Crippen LogP contribution in [-0.4, -0.2) is 28.5 Å². The molecule has 1 aromatic rings. The number of nitrogens with zero attached hydrogens (tertiary/aromatic N) is 2. The van der Waals surface area contributed by atoms with Crippen LogP contribution >= 0.6 is 0 Å². The molecule has 5 heteroatoms. The maximum atomic E-state index is 8.62. The van der Waals surface area contributed by atoms with Crippen LogP contribution in [-0.2, 0) is 11.2 Å². The van der Waals surface area contributed by atoms with Gasteiger partial charge in [-0.05, 0) is 26.7 Å². The van der Waals surface area contributed by atoms with E-state index in [4.69, 9.17) is 14.4 Å². The number of aliphatic hydroxyl groups excluding tert-OH is 1. The lowest BCUT2D eigenvalue weighted by Gasteiger charge is -2.04. The first-order valence-electron chi connectivity index (χ1n) is 5.32. The first kappa shape index (κ1) is 12.1. The summed E-state index contributed by atoms with van der Waals surface area (Å²) >= 11 is 0. The van der Waals surface area contributed by atoms with E-state index in [1.165, 1.54) is 0 Å². The second-order valence-corrected chi connectivity index (χ2v) is 3.32. The second kappa shape index (κ2) is 6.53. The maximum Gasteiger partial charge on any atom is 0.226 e. The highest BCUT2D eigenvalue weighted by Gasteiger charge is 2.12. The minimum absolute atomic E-state index is 0.120. The van der Waals surface area contributed by atoms with Crippen molar-refractivity contribution in [3.05, 3.63) is 11.7 Å². The summed E-state index contributed by atoms with van der Waals surface area (Å²) in [7, 11) is 0. The van der Waals surface area contributed by atoms with E-state index in [2.05, 4.69) is 10.1 Å². The minimum Gasteiger partial charge on any atom is -0.396 e. The van der Waals surface area contributed by atoms with Crippen LogP contribution in [0.2, 0.25) is 0 Å². The molecule has 0 amide bonds. The highest BCUT2D eigenvalue weighted by molar-refractivity contribution is 4.89. The van der Waals surface area contributed by atoms with Gasteiger partial charge >= 0.3 is 0 Å². The van der Waals surface area contributed by atoms with Gasteiger partial charge in [0.15, 0.2) is 5.82 Å². The number of aromatic nitrogens is 2. The van der Waals surface area contributed by atoms with Gasteiger partial charge in [0, 0.05) is 19.6 Å². The molecule has 0 saturated heterocycles. The fraction of sp³-hybridized carbons (Fsp3) is 0.800. The van der Waals surface area contributed by atoms with Crippen LogP contribution in [0.25, 0.3) is 0 Å². The van der Waals surface area contributed by atoms with Gasteiger partial charge in [0.25, 0.3) is 0 Å². The number of unbranched alkanes of at least 4 members (excludes halogenated alkanes) is 1. The zero-order chi connectivity index (χ0) is 11.1. The van der Waals surface area contributed by atoms with Gasteiger partial charge in [0.2, 0.25) is 5.89 Å². The molecule has 0 radical (unpaired) electrons. The van der Waals surface area contributed by atoms with Gasteiger partial charge in [-0.2, -0.15) is 4.98 Å². The lowest BCUT2D eigenvalue weighted by atomic mass is 10.2. The molecule has 1 unspecified atom stereocenters. The molecular formula is C10H18N2O3. The molecule has 0 aromatic carbocycles. The molecule has 0 aliphatic heterocycles. The molecule has 0 bridgehead atoms. The number of rotatable bonds is 7. The Balaban J connectivity index is 2.41. The Morgan fingerprint density at radius 1 is 1.47 bits per heavy atom. The topological polar surface area (TPSA) is 68.4 Å². The van der Waals surface area contributed by atoms with Crippen molar-refractivity contribution in [1.29, 1.82) is 0 Å². The molecular weight excluding hydrogens is 196 g/mol. The summed E-state index contributed by atoms with van der Waals surface area (Å²) < 4.78 is 10.4.